The van der Waals surface area contributed by atoms with Gasteiger partial charge in [0.25, 0.3) is 0 Å². The van der Waals surface area contributed by atoms with Crippen molar-refractivity contribution in [3.05, 3.63) is 34.1 Å². The van der Waals surface area contributed by atoms with Gasteiger partial charge in [-0.05, 0) is 47.8 Å². The second kappa shape index (κ2) is 3.85. The summed E-state index contributed by atoms with van der Waals surface area (Å²) in [5, 5.41) is 1.84. The molecule has 0 amide bonds. The van der Waals surface area contributed by atoms with Crippen LogP contribution < -0.4 is 0 Å². The molecule has 1 aromatic heterocycles. The zero-order valence-electron chi connectivity index (χ0n) is 7.29. The summed E-state index contributed by atoms with van der Waals surface area (Å²) < 4.78 is 3.92. The molecule has 0 spiro atoms. The van der Waals surface area contributed by atoms with Crippen LogP contribution >= 0.6 is 34.7 Å². The second-order valence-corrected chi connectivity index (χ2v) is 4.35. The summed E-state index contributed by atoms with van der Waals surface area (Å²) in [6.45, 7) is 1.98. The maximum atomic E-state index is 5.85. The molecule has 0 bridgehead atoms. The highest BCUT2D eigenvalue weighted by atomic mass is 35.5. The van der Waals surface area contributed by atoms with Crippen LogP contribution in [0.25, 0.3) is 10.6 Å². The van der Waals surface area contributed by atoms with Gasteiger partial charge in [0.2, 0.25) is 5.28 Å². The molecule has 1 aromatic carbocycles. The van der Waals surface area contributed by atoms with Gasteiger partial charge in [0.1, 0.15) is 5.01 Å². The molecule has 0 N–H and O–H groups in total. The Labute approximate surface area is 95.7 Å². The molecule has 0 saturated carbocycles. The topological polar surface area (TPSA) is 25.8 Å². The zero-order chi connectivity index (χ0) is 10.1. The van der Waals surface area contributed by atoms with Gasteiger partial charge in [0.05, 0.1) is 0 Å². The zero-order valence-corrected chi connectivity index (χ0v) is 9.62. The van der Waals surface area contributed by atoms with Crippen LogP contribution in [-0.2, 0) is 0 Å². The van der Waals surface area contributed by atoms with Crippen LogP contribution in [0.15, 0.2) is 18.2 Å². The third-order valence-corrected chi connectivity index (χ3v) is 3.07. The van der Waals surface area contributed by atoms with Crippen molar-refractivity contribution in [3.8, 4) is 10.6 Å². The Hall–Kier alpha value is -0.640. The minimum atomic E-state index is 0.291. The Kier molecular flexibility index (Phi) is 2.72. The van der Waals surface area contributed by atoms with Gasteiger partial charge in [0, 0.05) is 10.6 Å². The number of nitrogens with zero attached hydrogens (tertiary/aromatic N) is 2. The molecule has 0 saturated heterocycles. The van der Waals surface area contributed by atoms with Gasteiger partial charge >= 0.3 is 0 Å². The summed E-state index contributed by atoms with van der Waals surface area (Å²) >= 11 is 12.8. The van der Waals surface area contributed by atoms with E-state index in [-0.39, 0.29) is 0 Å². The Morgan fingerprint density at radius 2 is 2.07 bits per heavy atom. The van der Waals surface area contributed by atoms with Gasteiger partial charge < -0.3 is 0 Å². The van der Waals surface area contributed by atoms with E-state index in [1.54, 1.807) is 0 Å². The molecule has 0 radical (unpaired) electrons. The first-order chi connectivity index (χ1) is 6.66. The molecule has 0 unspecified atom stereocenters. The fourth-order valence-electron chi connectivity index (χ4n) is 1.18. The van der Waals surface area contributed by atoms with Gasteiger partial charge in [-0.25, -0.2) is 4.98 Å². The van der Waals surface area contributed by atoms with Crippen LogP contribution in [0.5, 0.6) is 0 Å². The van der Waals surface area contributed by atoms with Crippen LogP contribution in [0.4, 0.5) is 0 Å². The van der Waals surface area contributed by atoms with E-state index in [0.717, 1.165) is 21.2 Å². The molecular formula is C9H6Cl2N2S. The van der Waals surface area contributed by atoms with E-state index in [2.05, 4.69) is 9.36 Å². The van der Waals surface area contributed by atoms with E-state index in [4.69, 9.17) is 23.2 Å². The lowest BCUT2D eigenvalue weighted by Crippen LogP contribution is -1.81. The molecule has 0 aliphatic rings. The average molecular weight is 245 g/mol. The van der Waals surface area contributed by atoms with Gasteiger partial charge in [-0.15, -0.1) is 0 Å². The van der Waals surface area contributed by atoms with Crippen molar-refractivity contribution in [1.29, 1.82) is 0 Å². The molecule has 5 heteroatoms. The molecule has 14 heavy (non-hydrogen) atoms. The monoisotopic (exact) mass is 244 g/mol. The van der Waals surface area contributed by atoms with Gasteiger partial charge in [0.15, 0.2) is 0 Å². The van der Waals surface area contributed by atoms with E-state index in [0.29, 0.717) is 5.28 Å². The highest BCUT2D eigenvalue weighted by molar-refractivity contribution is 7.09. The van der Waals surface area contributed by atoms with Crippen LogP contribution in [-0.4, -0.2) is 9.36 Å². The lowest BCUT2D eigenvalue weighted by molar-refractivity contribution is 1.32. The average Bonchev–Trinajstić information content (AvgIpc) is 2.51. The molecule has 0 aliphatic carbocycles. The molecule has 2 nitrogen and oxygen atoms in total. The number of aromatic nitrogens is 2. The van der Waals surface area contributed by atoms with E-state index in [1.165, 1.54) is 11.5 Å². The first kappa shape index (κ1) is 9.90. The van der Waals surface area contributed by atoms with Gasteiger partial charge in [-0.2, -0.15) is 4.37 Å². The summed E-state index contributed by atoms with van der Waals surface area (Å²) in [5.41, 5.74) is 2.10. The normalized spacial score (nSPS) is 10.5. The van der Waals surface area contributed by atoms with Crippen molar-refractivity contribution in [2.45, 2.75) is 6.92 Å². The Balaban J connectivity index is 2.52. The number of hydrogen-bond donors (Lipinski definition) is 0. The Morgan fingerprint density at radius 1 is 1.29 bits per heavy atom. The largest absolute Gasteiger partial charge is 0.234 e. The third-order valence-electron chi connectivity index (χ3n) is 1.82. The smallest absolute Gasteiger partial charge is 0.205 e. The lowest BCUT2D eigenvalue weighted by atomic mass is 10.1. The predicted octanol–water partition coefficient (Wildman–Crippen LogP) is 3.82. The molecule has 2 aromatic rings. The molecule has 0 atom stereocenters. The molecular weight excluding hydrogens is 239 g/mol. The van der Waals surface area contributed by atoms with Crippen LogP contribution in [0.3, 0.4) is 0 Å². The van der Waals surface area contributed by atoms with Crippen molar-refractivity contribution in [2.75, 3.05) is 0 Å². The summed E-state index contributed by atoms with van der Waals surface area (Å²) in [6.07, 6.45) is 0. The van der Waals surface area contributed by atoms with Crippen LogP contribution in [0.2, 0.25) is 10.3 Å². The van der Waals surface area contributed by atoms with E-state index >= 15 is 0 Å². The van der Waals surface area contributed by atoms with E-state index in [1.807, 2.05) is 25.1 Å². The second-order valence-electron chi connectivity index (χ2n) is 2.83. The summed E-state index contributed by atoms with van der Waals surface area (Å²) in [4.78, 5) is 4.10. The number of aryl methyl sites for hydroxylation is 1. The highest BCUT2D eigenvalue weighted by Crippen LogP contribution is 2.27. The standard InChI is InChI=1S/C9H6Cl2N2S/c1-5-4-6(10)2-3-7(5)8-12-9(11)13-14-8/h2-4H,1H3. The first-order valence-corrected chi connectivity index (χ1v) is 5.45. The van der Waals surface area contributed by atoms with Crippen LogP contribution in [0, 0.1) is 6.92 Å². The molecule has 2 rings (SSSR count). The highest BCUT2D eigenvalue weighted by Gasteiger charge is 2.07. The minimum Gasteiger partial charge on any atom is -0.205 e. The summed E-state index contributed by atoms with van der Waals surface area (Å²) in [7, 11) is 0. The predicted molar refractivity (Wildman–Crippen MR) is 60.1 cm³/mol. The van der Waals surface area contributed by atoms with E-state index in [9.17, 15) is 0 Å². The van der Waals surface area contributed by atoms with E-state index < -0.39 is 0 Å². The quantitative estimate of drug-likeness (QED) is 0.763. The Bertz CT molecular complexity index is 468. The fraction of sp³-hybridized carbons (Fsp3) is 0.111. The Morgan fingerprint density at radius 3 is 2.64 bits per heavy atom. The van der Waals surface area contributed by atoms with Crippen molar-refractivity contribution >= 4 is 34.7 Å². The van der Waals surface area contributed by atoms with Crippen LogP contribution in [0.1, 0.15) is 5.56 Å². The lowest BCUT2D eigenvalue weighted by Gasteiger charge is -2.00. The SMILES string of the molecule is Cc1cc(Cl)ccc1-c1nc(Cl)ns1. The van der Waals surface area contributed by atoms with Crippen molar-refractivity contribution in [3.63, 3.8) is 0 Å². The molecule has 1 heterocycles. The maximum absolute atomic E-state index is 5.85. The molecule has 0 aliphatic heterocycles. The summed E-state index contributed by atoms with van der Waals surface area (Å²) in [6, 6.07) is 5.65. The third kappa shape index (κ3) is 1.90. The number of rotatable bonds is 1. The number of hydrogen-bond acceptors (Lipinski definition) is 3. The minimum absolute atomic E-state index is 0.291. The maximum Gasteiger partial charge on any atom is 0.234 e. The van der Waals surface area contributed by atoms with Gasteiger partial charge in [-0.1, -0.05) is 17.7 Å². The van der Waals surface area contributed by atoms with Gasteiger partial charge in [-0.3, -0.25) is 0 Å². The molecule has 72 valence electrons. The molecule has 0 fully saturated rings. The fourth-order valence-corrected chi connectivity index (χ4v) is 2.30. The van der Waals surface area contributed by atoms with Crippen molar-refractivity contribution in [1.82, 2.24) is 9.36 Å². The number of halogens is 2. The van der Waals surface area contributed by atoms with Crippen molar-refractivity contribution < 1.29 is 0 Å². The van der Waals surface area contributed by atoms with Crippen molar-refractivity contribution in [2.24, 2.45) is 0 Å². The first-order valence-electron chi connectivity index (χ1n) is 3.92. The summed E-state index contributed by atoms with van der Waals surface area (Å²) in [5.74, 6) is 0. The number of benzene rings is 1.